The van der Waals surface area contributed by atoms with E-state index in [1.54, 1.807) is 41.1 Å². The minimum atomic E-state index is -0.294. The average Bonchev–Trinajstić information content (AvgIpc) is 3.13. The number of nitrogens with one attached hydrogen (secondary N) is 1. The zero-order valence-corrected chi connectivity index (χ0v) is 18.3. The number of hydrogen-bond donors (Lipinski definition) is 1. The Morgan fingerprint density at radius 2 is 1.82 bits per heavy atom. The SMILES string of the molecule is COc1ccc(NC(=O)Cn2c3ccccc3n3c(=O)cc(-c4ccccn4)nc23)cc1Cl. The highest BCUT2D eigenvalue weighted by Crippen LogP contribution is 2.27. The number of aromatic nitrogens is 4. The summed E-state index contributed by atoms with van der Waals surface area (Å²) in [5.41, 5.74) is 2.67. The summed E-state index contributed by atoms with van der Waals surface area (Å²) >= 11 is 6.17. The highest BCUT2D eigenvalue weighted by Gasteiger charge is 2.17. The van der Waals surface area contributed by atoms with Crippen molar-refractivity contribution in [1.29, 1.82) is 0 Å². The van der Waals surface area contributed by atoms with Crippen molar-refractivity contribution >= 4 is 40.0 Å². The van der Waals surface area contributed by atoms with Gasteiger partial charge in [-0.05, 0) is 42.5 Å². The largest absolute Gasteiger partial charge is 0.495 e. The molecule has 0 bridgehead atoms. The molecule has 164 valence electrons. The third-order valence-corrected chi connectivity index (χ3v) is 5.52. The van der Waals surface area contributed by atoms with Gasteiger partial charge in [-0.2, -0.15) is 0 Å². The second-order valence-electron chi connectivity index (χ2n) is 7.30. The van der Waals surface area contributed by atoms with E-state index < -0.39 is 0 Å². The molecular formula is C24H18ClN5O3. The molecule has 0 spiro atoms. The van der Waals surface area contributed by atoms with E-state index in [9.17, 15) is 9.59 Å². The first-order valence-electron chi connectivity index (χ1n) is 10.1. The number of amides is 1. The van der Waals surface area contributed by atoms with Crippen molar-refractivity contribution in [2.24, 2.45) is 0 Å². The molecule has 1 N–H and O–H groups in total. The van der Waals surface area contributed by atoms with E-state index in [1.165, 1.54) is 17.6 Å². The second-order valence-corrected chi connectivity index (χ2v) is 7.71. The van der Waals surface area contributed by atoms with Crippen LogP contribution in [0.4, 0.5) is 5.69 Å². The summed E-state index contributed by atoms with van der Waals surface area (Å²) in [6.07, 6.45) is 1.64. The van der Waals surface area contributed by atoms with Gasteiger partial charge in [0.1, 0.15) is 12.3 Å². The van der Waals surface area contributed by atoms with Crippen molar-refractivity contribution < 1.29 is 9.53 Å². The Balaban J connectivity index is 1.59. The summed E-state index contributed by atoms with van der Waals surface area (Å²) in [7, 11) is 1.52. The topological polar surface area (TPSA) is 90.5 Å². The van der Waals surface area contributed by atoms with Crippen molar-refractivity contribution in [1.82, 2.24) is 18.9 Å². The third kappa shape index (κ3) is 3.81. The van der Waals surface area contributed by atoms with Crippen LogP contribution in [0.2, 0.25) is 5.02 Å². The maximum atomic E-state index is 13.0. The number of nitrogens with zero attached hydrogens (tertiary/aromatic N) is 4. The van der Waals surface area contributed by atoms with Crippen LogP contribution in [0.1, 0.15) is 0 Å². The molecule has 0 fully saturated rings. The Morgan fingerprint density at radius 3 is 2.55 bits per heavy atom. The molecule has 3 aromatic heterocycles. The van der Waals surface area contributed by atoms with E-state index in [-0.39, 0.29) is 18.0 Å². The summed E-state index contributed by atoms with van der Waals surface area (Å²) in [5, 5.41) is 3.22. The zero-order valence-electron chi connectivity index (χ0n) is 17.5. The molecule has 9 heteroatoms. The Hall–Kier alpha value is -4.17. The molecule has 0 aliphatic carbocycles. The number of benzene rings is 2. The van der Waals surface area contributed by atoms with Crippen molar-refractivity contribution in [3.05, 3.63) is 88.3 Å². The molecule has 0 saturated carbocycles. The van der Waals surface area contributed by atoms with Gasteiger partial charge < -0.3 is 14.6 Å². The van der Waals surface area contributed by atoms with Gasteiger partial charge in [-0.15, -0.1) is 0 Å². The summed E-state index contributed by atoms with van der Waals surface area (Å²) < 4.78 is 8.36. The highest BCUT2D eigenvalue weighted by molar-refractivity contribution is 6.32. The van der Waals surface area contributed by atoms with Crippen LogP contribution in [0.5, 0.6) is 5.75 Å². The molecule has 0 radical (unpaired) electrons. The number of methoxy groups -OCH3 is 1. The van der Waals surface area contributed by atoms with Gasteiger partial charge in [0.2, 0.25) is 11.7 Å². The quantitative estimate of drug-likeness (QED) is 0.429. The molecule has 0 atom stereocenters. The molecule has 0 aliphatic heterocycles. The van der Waals surface area contributed by atoms with Crippen molar-refractivity contribution in [2.75, 3.05) is 12.4 Å². The fourth-order valence-corrected chi connectivity index (χ4v) is 4.01. The predicted octanol–water partition coefficient (Wildman–Crippen LogP) is 4.01. The third-order valence-electron chi connectivity index (χ3n) is 5.22. The number of imidazole rings is 1. The van der Waals surface area contributed by atoms with Gasteiger partial charge in [-0.25, -0.2) is 9.38 Å². The minimum Gasteiger partial charge on any atom is -0.495 e. The number of carbonyl (C=O) groups is 1. The first-order chi connectivity index (χ1) is 16.0. The van der Waals surface area contributed by atoms with Crippen molar-refractivity contribution in [3.8, 4) is 17.1 Å². The van der Waals surface area contributed by atoms with Crippen LogP contribution in [0.15, 0.2) is 77.7 Å². The molecule has 0 unspecified atom stereocenters. The Labute approximate surface area is 193 Å². The maximum Gasteiger partial charge on any atom is 0.260 e. The molecule has 8 nitrogen and oxygen atoms in total. The predicted molar refractivity (Wildman–Crippen MR) is 127 cm³/mol. The summed E-state index contributed by atoms with van der Waals surface area (Å²) in [6.45, 7) is -0.0568. The Bertz CT molecular complexity index is 1560. The molecule has 33 heavy (non-hydrogen) atoms. The van der Waals surface area contributed by atoms with Gasteiger partial charge in [-0.3, -0.25) is 14.6 Å². The minimum absolute atomic E-state index is 0.0568. The van der Waals surface area contributed by atoms with E-state index in [2.05, 4.69) is 15.3 Å². The van der Waals surface area contributed by atoms with E-state index in [0.29, 0.717) is 44.7 Å². The average molecular weight is 460 g/mol. The lowest BCUT2D eigenvalue weighted by atomic mass is 10.2. The number of halogens is 1. The number of hydrogen-bond acceptors (Lipinski definition) is 5. The number of rotatable bonds is 5. The second kappa shape index (κ2) is 8.40. The van der Waals surface area contributed by atoms with Crippen LogP contribution >= 0.6 is 11.6 Å². The van der Waals surface area contributed by atoms with Gasteiger partial charge in [0, 0.05) is 18.0 Å². The lowest BCUT2D eigenvalue weighted by Gasteiger charge is -2.10. The van der Waals surface area contributed by atoms with Gasteiger partial charge in [-0.1, -0.05) is 29.8 Å². The van der Waals surface area contributed by atoms with Gasteiger partial charge in [0.15, 0.2) is 0 Å². The maximum absolute atomic E-state index is 13.0. The van der Waals surface area contributed by atoms with Crippen molar-refractivity contribution in [3.63, 3.8) is 0 Å². The monoisotopic (exact) mass is 459 g/mol. The first-order valence-corrected chi connectivity index (χ1v) is 10.5. The van der Waals surface area contributed by atoms with Crippen LogP contribution < -0.4 is 15.6 Å². The van der Waals surface area contributed by atoms with Crippen LogP contribution in [-0.2, 0) is 11.3 Å². The van der Waals surface area contributed by atoms with Crippen LogP contribution in [-0.4, -0.2) is 32.0 Å². The molecule has 0 aliphatic rings. The van der Waals surface area contributed by atoms with E-state index in [1.807, 2.05) is 30.3 Å². The summed E-state index contributed by atoms with van der Waals surface area (Å²) in [5.74, 6) is 0.576. The number of para-hydroxylation sites is 2. The molecule has 2 aromatic carbocycles. The molecule has 1 amide bonds. The van der Waals surface area contributed by atoms with Crippen LogP contribution in [0.3, 0.4) is 0 Å². The van der Waals surface area contributed by atoms with E-state index >= 15 is 0 Å². The molecule has 0 saturated heterocycles. The molecule has 3 heterocycles. The fraction of sp³-hybridized carbons (Fsp3) is 0.0833. The van der Waals surface area contributed by atoms with Gasteiger partial charge in [0.05, 0.1) is 34.6 Å². The smallest absolute Gasteiger partial charge is 0.260 e. The van der Waals surface area contributed by atoms with Crippen LogP contribution in [0, 0.1) is 0 Å². The summed E-state index contributed by atoms with van der Waals surface area (Å²) in [4.78, 5) is 35.0. The lowest BCUT2D eigenvalue weighted by Crippen LogP contribution is -2.20. The number of carbonyl (C=O) groups excluding carboxylic acids is 1. The number of anilines is 1. The van der Waals surface area contributed by atoms with Crippen molar-refractivity contribution in [2.45, 2.75) is 6.54 Å². The first kappa shape index (κ1) is 20.7. The van der Waals surface area contributed by atoms with Crippen LogP contribution in [0.25, 0.3) is 28.2 Å². The standard InChI is InChI=1S/C24H18ClN5O3/c1-33-21-10-9-15(12-16(21)25)27-22(31)14-29-19-7-2-3-8-20(19)30-23(32)13-18(28-24(29)30)17-6-4-5-11-26-17/h2-13H,14H2,1H3,(H,27,31). The highest BCUT2D eigenvalue weighted by atomic mass is 35.5. The Kier molecular flexibility index (Phi) is 5.27. The summed E-state index contributed by atoms with van der Waals surface area (Å²) in [6, 6.07) is 19.2. The Morgan fingerprint density at radius 1 is 1.03 bits per heavy atom. The normalized spacial score (nSPS) is 11.1. The molecular weight excluding hydrogens is 442 g/mol. The molecule has 5 aromatic rings. The van der Waals surface area contributed by atoms with E-state index in [4.69, 9.17) is 16.3 Å². The van der Waals surface area contributed by atoms with Gasteiger partial charge in [0.25, 0.3) is 5.56 Å². The van der Waals surface area contributed by atoms with Gasteiger partial charge >= 0.3 is 0 Å². The van der Waals surface area contributed by atoms with E-state index in [0.717, 1.165) is 0 Å². The number of fused-ring (bicyclic) bond motifs is 3. The number of ether oxygens (including phenoxy) is 1. The fourth-order valence-electron chi connectivity index (χ4n) is 3.76. The number of pyridine rings is 1. The molecule has 5 rings (SSSR count). The zero-order chi connectivity index (χ0) is 22.9. The lowest BCUT2D eigenvalue weighted by molar-refractivity contribution is -0.116.